The molecule has 2 rings (SSSR count). The van der Waals surface area contributed by atoms with Gasteiger partial charge in [-0.2, -0.15) is 5.10 Å². The number of aromatic amines is 1. The summed E-state index contributed by atoms with van der Waals surface area (Å²) in [5.41, 5.74) is 6.58. The van der Waals surface area contributed by atoms with Gasteiger partial charge in [0, 0.05) is 17.0 Å². The van der Waals surface area contributed by atoms with E-state index in [-0.39, 0.29) is 6.42 Å². The highest BCUT2D eigenvalue weighted by molar-refractivity contribution is 6.31. The lowest BCUT2D eigenvalue weighted by Gasteiger charge is -2.11. The van der Waals surface area contributed by atoms with Crippen LogP contribution in [0.15, 0.2) is 24.4 Å². The average Bonchev–Trinajstić information content (AvgIpc) is 2.70. The molecule has 1 heterocycles. The molecule has 4 N–H and O–H groups in total. The van der Waals surface area contributed by atoms with Crippen LogP contribution in [0.5, 0.6) is 0 Å². The predicted octanol–water partition coefficient (Wildman–Crippen LogP) is 2.06. The zero-order valence-electron chi connectivity index (χ0n) is 8.82. The Bertz CT molecular complexity index is 529. The first kappa shape index (κ1) is 11.9. The third-order valence-electron chi connectivity index (χ3n) is 2.48. The number of halogens is 2. The van der Waals surface area contributed by atoms with E-state index in [1.165, 1.54) is 24.4 Å². The van der Waals surface area contributed by atoms with Crippen LogP contribution in [0.25, 0.3) is 0 Å². The van der Waals surface area contributed by atoms with E-state index >= 15 is 0 Å². The van der Waals surface area contributed by atoms with E-state index < -0.39 is 11.9 Å². The molecule has 1 aromatic heterocycles. The summed E-state index contributed by atoms with van der Waals surface area (Å²) < 4.78 is 13.0. The number of hydrogen-bond donors (Lipinski definition) is 3. The highest BCUT2D eigenvalue weighted by Gasteiger charge is 2.15. The lowest BCUT2D eigenvalue weighted by Crippen LogP contribution is -2.04. The normalized spacial score (nSPS) is 12.6. The third-order valence-corrected chi connectivity index (χ3v) is 2.85. The van der Waals surface area contributed by atoms with Gasteiger partial charge in [-0.3, -0.25) is 5.10 Å². The molecule has 1 atom stereocenters. The van der Waals surface area contributed by atoms with Crippen LogP contribution in [0.2, 0.25) is 5.02 Å². The molecule has 0 aliphatic rings. The molecule has 0 fully saturated rings. The molecule has 6 heteroatoms. The molecule has 17 heavy (non-hydrogen) atoms. The van der Waals surface area contributed by atoms with Gasteiger partial charge in [-0.25, -0.2) is 4.39 Å². The number of aliphatic hydroxyl groups excluding tert-OH is 1. The van der Waals surface area contributed by atoms with Crippen molar-refractivity contribution in [2.45, 2.75) is 12.5 Å². The largest absolute Gasteiger partial charge is 0.388 e. The standard InChI is InChI=1S/C11H11ClFN3O/c12-9-2-1-7(13)3-6(9)4-10(17)8-5-15-16-11(8)14/h1-3,5,10,17H,4H2,(H3,14,15,16). The van der Waals surface area contributed by atoms with Crippen molar-refractivity contribution in [1.29, 1.82) is 0 Å². The van der Waals surface area contributed by atoms with Gasteiger partial charge in [0.25, 0.3) is 0 Å². The molecule has 90 valence electrons. The van der Waals surface area contributed by atoms with Gasteiger partial charge in [0.1, 0.15) is 11.6 Å². The summed E-state index contributed by atoms with van der Waals surface area (Å²) in [7, 11) is 0. The van der Waals surface area contributed by atoms with Crippen molar-refractivity contribution in [3.63, 3.8) is 0 Å². The number of aromatic nitrogens is 2. The van der Waals surface area contributed by atoms with E-state index in [9.17, 15) is 9.50 Å². The number of anilines is 1. The van der Waals surface area contributed by atoms with E-state index in [1.807, 2.05) is 0 Å². The maximum atomic E-state index is 13.0. The van der Waals surface area contributed by atoms with Crippen molar-refractivity contribution in [1.82, 2.24) is 10.2 Å². The molecule has 0 saturated carbocycles. The van der Waals surface area contributed by atoms with E-state index in [1.54, 1.807) is 0 Å². The number of nitrogen functional groups attached to an aromatic ring is 1. The van der Waals surface area contributed by atoms with Crippen LogP contribution in [0, 0.1) is 5.82 Å². The number of H-pyrrole nitrogens is 1. The van der Waals surface area contributed by atoms with Gasteiger partial charge in [0.15, 0.2) is 0 Å². The lowest BCUT2D eigenvalue weighted by molar-refractivity contribution is 0.179. The van der Waals surface area contributed by atoms with Crippen LogP contribution < -0.4 is 5.73 Å². The van der Waals surface area contributed by atoms with Crippen LogP contribution in [0.4, 0.5) is 10.2 Å². The first-order chi connectivity index (χ1) is 8.08. The summed E-state index contributed by atoms with van der Waals surface area (Å²) >= 11 is 5.91. The molecule has 0 aliphatic carbocycles. The lowest BCUT2D eigenvalue weighted by atomic mass is 10.0. The highest BCUT2D eigenvalue weighted by atomic mass is 35.5. The Morgan fingerprint density at radius 2 is 2.29 bits per heavy atom. The van der Waals surface area contributed by atoms with E-state index in [2.05, 4.69) is 10.2 Å². The van der Waals surface area contributed by atoms with Crippen LogP contribution in [0.3, 0.4) is 0 Å². The number of rotatable bonds is 3. The van der Waals surface area contributed by atoms with Crippen molar-refractivity contribution >= 4 is 17.4 Å². The second-order valence-electron chi connectivity index (χ2n) is 3.69. The minimum atomic E-state index is -0.868. The molecule has 0 radical (unpaired) electrons. The smallest absolute Gasteiger partial charge is 0.124 e. The number of nitrogens with two attached hydrogens (primary N) is 1. The van der Waals surface area contributed by atoms with Crippen molar-refractivity contribution in [3.05, 3.63) is 46.4 Å². The summed E-state index contributed by atoms with van der Waals surface area (Å²) in [6.07, 6.45) is 0.751. The predicted molar refractivity (Wildman–Crippen MR) is 63.1 cm³/mol. The number of hydrogen-bond acceptors (Lipinski definition) is 3. The molecule has 1 aromatic carbocycles. The number of aliphatic hydroxyl groups is 1. The molecule has 2 aromatic rings. The van der Waals surface area contributed by atoms with Gasteiger partial charge >= 0.3 is 0 Å². The first-order valence-electron chi connectivity index (χ1n) is 4.98. The Labute approximate surface area is 102 Å². The highest BCUT2D eigenvalue weighted by Crippen LogP contribution is 2.26. The number of nitrogens with zero attached hydrogens (tertiary/aromatic N) is 1. The molecule has 0 bridgehead atoms. The van der Waals surface area contributed by atoms with Crippen LogP contribution >= 0.6 is 11.6 Å². The minimum absolute atomic E-state index is 0.181. The van der Waals surface area contributed by atoms with E-state index in [0.717, 1.165) is 0 Å². The second-order valence-corrected chi connectivity index (χ2v) is 4.10. The maximum Gasteiger partial charge on any atom is 0.124 e. The van der Waals surface area contributed by atoms with Gasteiger partial charge in [-0.05, 0) is 23.8 Å². The maximum absolute atomic E-state index is 13.0. The minimum Gasteiger partial charge on any atom is -0.388 e. The average molecular weight is 256 g/mol. The Kier molecular flexibility index (Phi) is 3.31. The van der Waals surface area contributed by atoms with Gasteiger partial charge in [0.05, 0.1) is 12.3 Å². The van der Waals surface area contributed by atoms with Crippen LogP contribution in [-0.4, -0.2) is 15.3 Å². The quantitative estimate of drug-likeness (QED) is 0.786. The molecule has 1 unspecified atom stereocenters. The first-order valence-corrected chi connectivity index (χ1v) is 5.36. The third kappa shape index (κ3) is 2.57. The summed E-state index contributed by atoms with van der Waals surface area (Å²) in [6, 6.07) is 4.02. The fraction of sp³-hybridized carbons (Fsp3) is 0.182. The topological polar surface area (TPSA) is 74.9 Å². The van der Waals surface area contributed by atoms with Crippen molar-refractivity contribution in [2.24, 2.45) is 0 Å². The van der Waals surface area contributed by atoms with Gasteiger partial charge < -0.3 is 10.8 Å². The van der Waals surface area contributed by atoms with Crippen molar-refractivity contribution in [2.75, 3.05) is 5.73 Å². The van der Waals surface area contributed by atoms with Crippen LogP contribution in [0.1, 0.15) is 17.2 Å². The Balaban J connectivity index is 2.21. The van der Waals surface area contributed by atoms with Crippen molar-refractivity contribution in [3.8, 4) is 0 Å². The van der Waals surface area contributed by atoms with Gasteiger partial charge in [-0.1, -0.05) is 11.6 Å². The monoisotopic (exact) mass is 255 g/mol. The Morgan fingerprint density at radius 3 is 2.94 bits per heavy atom. The van der Waals surface area contributed by atoms with Crippen LogP contribution in [-0.2, 0) is 6.42 Å². The molecular weight excluding hydrogens is 245 g/mol. The molecule has 0 saturated heterocycles. The molecule has 0 spiro atoms. The Hall–Kier alpha value is -1.59. The summed E-state index contributed by atoms with van der Waals surface area (Å²) in [5.74, 6) is -0.0956. The number of benzene rings is 1. The molecule has 0 aliphatic heterocycles. The van der Waals surface area contributed by atoms with Gasteiger partial charge in [0.2, 0.25) is 0 Å². The molecular formula is C11H11ClFN3O. The molecule has 0 amide bonds. The van der Waals surface area contributed by atoms with E-state index in [4.69, 9.17) is 17.3 Å². The fourth-order valence-corrected chi connectivity index (χ4v) is 1.78. The van der Waals surface area contributed by atoms with E-state index in [0.29, 0.717) is 22.0 Å². The van der Waals surface area contributed by atoms with Crippen molar-refractivity contribution < 1.29 is 9.50 Å². The van der Waals surface area contributed by atoms with Gasteiger partial charge in [-0.15, -0.1) is 0 Å². The summed E-state index contributed by atoms with van der Waals surface area (Å²) in [5, 5.41) is 16.6. The second kappa shape index (κ2) is 4.73. The molecule has 4 nitrogen and oxygen atoms in total. The zero-order valence-corrected chi connectivity index (χ0v) is 9.58. The zero-order chi connectivity index (χ0) is 12.4. The Morgan fingerprint density at radius 1 is 1.53 bits per heavy atom. The summed E-state index contributed by atoms with van der Waals surface area (Å²) in [6.45, 7) is 0. The fourth-order valence-electron chi connectivity index (χ4n) is 1.59. The number of nitrogens with one attached hydrogen (secondary N) is 1. The summed E-state index contributed by atoms with van der Waals surface area (Å²) in [4.78, 5) is 0. The SMILES string of the molecule is Nc1[nH]ncc1C(O)Cc1cc(F)ccc1Cl.